The molecule has 1 aromatic rings. The Labute approximate surface area is 88.6 Å². The van der Waals surface area contributed by atoms with Gasteiger partial charge >= 0.3 is 6.11 Å². The van der Waals surface area contributed by atoms with Crippen LogP contribution in [0.4, 0.5) is 14.5 Å². The lowest BCUT2D eigenvalue weighted by molar-refractivity contribution is -0.384. The lowest BCUT2D eigenvalue weighted by Crippen LogP contribution is -2.26. The standard InChI is InChI=1S/C8H6ClF2NO3/c9-5-8(10,11)15-7-3-1-6(2-4-7)12(13)14/h1-4H,5H2. The monoisotopic (exact) mass is 237 g/mol. The van der Waals surface area contributed by atoms with Gasteiger partial charge in [0.15, 0.2) is 0 Å². The fourth-order valence-corrected chi connectivity index (χ4v) is 0.890. The molecular formula is C8H6ClF2NO3. The topological polar surface area (TPSA) is 52.4 Å². The first-order valence-electron chi connectivity index (χ1n) is 3.82. The van der Waals surface area contributed by atoms with Crippen molar-refractivity contribution in [3.8, 4) is 5.75 Å². The molecule has 0 spiro atoms. The summed E-state index contributed by atoms with van der Waals surface area (Å²) >= 11 is 4.94. The molecule has 0 aliphatic rings. The fourth-order valence-electron chi connectivity index (χ4n) is 0.836. The average molecular weight is 238 g/mol. The minimum absolute atomic E-state index is 0.175. The van der Waals surface area contributed by atoms with E-state index >= 15 is 0 Å². The normalized spacial score (nSPS) is 11.1. The van der Waals surface area contributed by atoms with Crippen LogP contribution in [0.5, 0.6) is 5.75 Å². The maximum Gasteiger partial charge on any atom is 0.411 e. The number of nitro groups is 1. The van der Waals surface area contributed by atoms with Crippen molar-refractivity contribution in [2.24, 2.45) is 0 Å². The molecule has 4 nitrogen and oxygen atoms in total. The molecule has 0 atom stereocenters. The molecule has 0 bridgehead atoms. The van der Waals surface area contributed by atoms with Crippen molar-refractivity contribution >= 4 is 17.3 Å². The van der Waals surface area contributed by atoms with E-state index in [9.17, 15) is 18.9 Å². The number of alkyl halides is 3. The molecule has 1 aromatic carbocycles. The fraction of sp³-hybridized carbons (Fsp3) is 0.250. The van der Waals surface area contributed by atoms with Gasteiger partial charge in [-0.1, -0.05) is 0 Å². The first-order chi connectivity index (χ1) is 6.94. The Morgan fingerprint density at radius 3 is 2.33 bits per heavy atom. The molecule has 0 heterocycles. The van der Waals surface area contributed by atoms with E-state index in [0.717, 1.165) is 24.3 Å². The molecule has 0 radical (unpaired) electrons. The minimum Gasteiger partial charge on any atom is -0.432 e. The lowest BCUT2D eigenvalue weighted by atomic mass is 10.3. The van der Waals surface area contributed by atoms with Crippen LogP contribution in [0.3, 0.4) is 0 Å². The summed E-state index contributed by atoms with van der Waals surface area (Å²) in [5.74, 6) is -1.16. The molecule has 0 N–H and O–H groups in total. The van der Waals surface area contributed by atoms with Gasteiger partial charge in [0.2, 0.25) is 0 Å². The Morgan fingerprint density at radius 1 is 1.40 bits per heavy atom. The van der Waals surface area contributed by atoms with Gasteiger partial charge in [-0.3, -0.25) is 10.1 Å². The van der Waals surface area contributed by atoms with E-state index in [-0.39, 0.29) is 11.4 Å². The molecule has 0 aromatic heterocycles. The third kappa shape index (κ3) is 3.32. The molecule has 0 aliphatic heterocycles. The number of benzene rings is 1. The van der Waals surface area contributed by atoms with E-state index in [4.69, 9.17) is 11.6 Å². The summed E-state index contributed by atoms with van der Waals surface area (Å²) < 4.78 is 29.4. The van der Waals surface area contributed by atoms with Crippen LogP contribution in [0.2, 0.25) is 0 Å². The molecule has 0 saturated heterocycles. The third-order valence-corrected chi connectivity index (χ3v) is 1.78. The Morgan fingerprint density at radius 2 is 1.93 bits per heavy atom. The van der Waals surface area contributed by atoms with E-state index in [1.165, 1.54) is 0 Å². The van der Waals surface area contributed by atoms with Crippen molar-refractivity contribution in [2.75, 3.05) is 5.88 Å². The van der Waals surface area contributed by atoms with E-state index in [0.29, 0.717) is 0 Å². The zero-order chi connectivity index (χ0) is 11.5. The van der Waals surface area contributed by atoms with Crippen LogP contribution in [-0.2, 0) is 0 Å². The smallest absolute Gasteiger partial charge is 0.411 e. The quantitative estimate of drug-likeness (QED) is 0.460. The van der Waals surface area contributed by atoms with Crippen molar-refractivity contribution in [2.45, 2.75) is 6.11 Å². The van der Waals surface area contributed by atoms with Gasteiger partial charge in [-0.15, -0.1) is 11.6 Å². The third-order valence-electron chi connectivity index (χ3n) is 1.47. The van der Waals surface area contributed by atoms with Crippen LogP contribution in [0.15, 0.2) is 24.3 Å². The lowest BCUT2D eigenvalue weighted by Gasteiger charge is -2.14. The van der Waals surface area contributed by atoms with Crippen LogP contribution in [0, 0.1) is 10.1 Å². The van der Waals surface area contributed by atoms with Crippen molar-refractivity contribution < 1.29 is 18.4 Å². The number of nitrogens with zero attached hydrogens (tertiary/aromatic N) is 1. The second-order valence-corrected chi connectivity index (χ2v) is 2.89. The number of hydrogen-bond acceptors (Lipinski definition) is 3. The summed E-state index contributed by atoms with van der Waals surface area (Å²) in [4.78, 5) is 9.61. The van der Waals surface area contributed by atoms with Gasteiger partial charge in [-0.05, 0) is 12.1 Å². The number of halogens is 3. The highest BCUT2D eigenvalue weighted by Crippen LogP contribution is 2.24. The highest BCUT2D eigenvalue weighted by molar-refractivity contribution is 6.18. The average Bonchev–Trinajstić information content (AvgIpc) is 2.18. The molecule has 0 fully saturated rings. The van der Waals surface area contributed by atoms with E-state index < -0.39 is 16.9 Å². The van der Waals surface area contributed by atoms with Gasteiger partial charge < -0.3 is 4.74 Å². The van der Waals surface area contributed by atoms with Crippen LogP contribution >= 0.6 is 11.6 Å². The second kappa shape index (κ2) is 4.39. The number of hydrogen-bond donors (Lipinski definition) is 0. The molecular weight excluding hydrogens is 232 g/mol. The number of non-ortho nitro benzene ring substituents is 1. The summed E-state index contributed by atoms with van der Waals surface area (Å²) in [7, 11) is 0. The molecule has 1 rings (SSSR count). The largest absolute Gasteiger partial charge is 0.432 e. The summed E-state index contributed by atoms with van der Waals surface area (Å²) in [6.07, 6.45) is -3.47. The predicted molar refractivity (Wildman–Crippen MR) is 49.4 cm³/mol. The molecule has 7 heteroatoms. The maximum atomic E-state index is 12.6. The van der Waals surface area contributed by atoms with Crippen LogP contribution in [-0.4, -0.2) is 16.9 Å². The Balaban J connectivity index is 2.77. The Kier molecular flexibility index (Phi) is 3.41. The minimum atomic E-state index is -3.47. The van der Waals surface area contributed by atoms with Gasteiger partial charge in [0.05, 0.1) is 4.92 Å². The van der Waals surface area contributed by atoms with E-state index in [1.807, 2.05) is 0 Å². The molecule has 15 heavy (non-hydrogen) atoms. The van der Waals surface area contributed by atoms with Crippen LogP contribution in [0.1, 0.15) is 0 Å². The molecule has 0 aliphatic carbocycles. The molecule has 0 saturated carbocycles. The van der Waals surface area contributed by atoms with Crippen LogP contribution in [0.25, 0.3) is 0 Å². The number of nitro benzene ring substituents is 1. The molecule has 82 valence electrons. The predicted octanol–water partition coefficient (Wildman–Crippen LogP) is 2.81. The summed E-state index contributed by atoms with van der Waals surface area (Å²) in [6, 6.07) is 4.30. The second-order valence-electron chi connectivity index (χ2n) is 2.62. The van der Waals surface area contributed by atoms with Crippen molar-refractivity contribution in [1.29, 1.82) is 0 Å². The maximum absolute atomic E-state index is 12.6. The van der Waals surface area contributed by atoms with Crippen molar-refractivity contribution in [3.05, 3.63) is 34.4 Å². The van der Waals surface area contributed by atoms with Crippen molar-refractivity contribution in [1.82, 2.24) is 0 Å². The molecule has 0 unspecified atom stereocenters. The van der Waals surface area contributed by atoms with Gasteiger partial charge in [0, 0.05) is 12.1 Å². The van der Waals surface area contributed by atoms with Crippen molar-refractivity contribution in [3.63, 3.8) is 0 Å². The van der Waals surface area contributed by atoms with Gasteiger partial charge in [-0.2, -0.15) is 8.78 Å². The van der Waals surface area contributed by atoms with Crippen LogP contribution < -0.4 is 4.74 Å². The SMILES string of the molecule is O=[N+]([O-])c1ccc(OC(F)(F)CCl)cc1. The molecule has 0 amide bonds. The van der Waals surface area contributed by atoms with Gasteiger partial charge in [-0.25, -0.2) is 0 Å². The zero-order valence-electron chi connectivity index (χ0n) is 7.32. The van der Waals surface area contributed by atoms with Gasteiger partial charge in [0.25, 0.3) is 5.69 Å². The zero-order valence-corrected chi connectivity index (χ0v) is 8.08. The van der Waals surface area contributed by atoms with E-state index in [1.54, 1.807) is 0 Å². The Hall–Kier alpha value is -1.43. The number of ether oxygens (including phenoxy) is 1. The summed E-state index contributed by atoms with van der Waals surface area (Å²) in [6.45, 7) is 0. The first kappa shape index (κ1) is 11.6. The summed E-state index contributed by atoms with van der Waals surface area (Å²) in [5, 5.41) is 10.2. The van der Waals surface area contributed by atoms with Gasteiger partial charge in [0.1, 0.15) is 11.6 Å². The Bertz CT molecular complexity index is 355. The highest BCUT2D eigenvalue weighted by atomic mass is 35.5. The van der Waals surface area contributed by atoms with E-state index in [2.05, 4.69) is 4.74 Å². The highest BCUT2D eigenvalue weighted by Gasteiger charge is 2.30. The number of rotatable bonds is 4. The summed E-state index contributed by atoms with van der Waals surface area (Å²) in [5.41, 5.74) is -0.198. The first-order valence-corrected chi connectivity index (χ1v) is 4.35.